The molecular weight excluding hydrogens is 420 g/mol. The molecule has 0 aliphatic carbocycles. The molecule has 5 rings (SSSR count). The number of thiazole rings is 2. The molecule has 1 aliphatic heterocycles. The number of nitrogens with zero attached hydrogens (tertiary/aromatic N) is 3. The lowest BCUT2D eigenvalue weighted by molar-refractivity contribution is 0.0731. The standard InChI is InChI=1S/C21H16N4O3S2/c26-18(16-7-4-10-28-16)24-21-23-14-8-9-25(11-17(14)30-21)20(27)15-12-29-19(22-15)13-5-2-1-3-6-13/h1-7,10,12H,8-9,11H2,(H,23,24,26). The number of aromatic nitrogens is 2. The Morgan fingerprint density at radius 1 is 1.10 bits per heavy atom. The molecule has 0 unspecified atom stereocenters. The molecule has 1 aromatic carbocycles. The first-order valence-electron chi connectivity index (χ1n) is 9.31. The van der Waals surface area contributed by atoms with Gasteiger partial charge in [0.2, 0.25) is 0 Å². The number of hydrogen-bond acceptors (Lipinski definition) is 7. The molecule has 0 bridgehead atoms. The Hall–Kier alpha value is -3.30. The molecule has 30 heavy (non-hydrogen) atoms. The maximum atomic E-state index is 13.0. The van der Waals surface area contributed by atoms with Crippen LogP contribution in [0.2, 0.25) is 0 Å². The van der Waals surface area contributed by atoms with Crippen LogP contribution in [0, 0.1) is 0 Å². The van der Waals surface area contributed by atoms with E-state index in [2.05, 4.69) is 15.3 Å². The second-order valence-corrected chi connectivity index (χ2v) is 8.64. The van der Waals surface area contributed by atoms with E-state index in [9.17, 15) is 9.59 Å². The second kappa shape index (κ2) is 7.85. The van der Waals surface area contributed by atoms with Crippen molar-refractivity contribution in [3.8, 4) is 10.6 Å². The summed E-state index contributed by atoms with van der Waals surface area (Å²) in [6.07, 6.45) is 2.09. The summed E-state index contributed by atoms with van der Waals surface area (Å²) in [5, 5.41) is 5.91. The fourth-order valence-corrected chi connectivity index (χ4v) is 5.05. The van der Waals surface area contributed by atoms with Crippen LogP contribution in [-0.4, -0.2) is 33.2 Å². The molecule has 3 aromatic heterocycles. The van der Waals surface area contributed by atoms with Crippen molar-refractivity contribution in [3.05, 3.63) is 76.1 Å². The second-order valence-electron chi connectivity index (χ2n) is 6.70. The van der Waals surface area contributed by atoms with Crippen LogP contribution in [0.4, 0.5) is 5.13 Å². The Labute approximate surface area is 180 Å². The van der Waals surface area contributed by atoms with Crippen LogP contribution in [0.3, 0.4) is 0 Å². The Kier molecular flexibility index (Phi) is 4.89. The van der Waals surface area contributed by atoms with Crippen molar-refractivity contribution >= 4 is 39.6 Å². The highest BCUT2D eigenvalue weighted by Crippen LogP contribution is 2.30. The number of amides is 2. The minimum Gasteiger partial charge on any atom is -0.459 e. The number of fused-ring (bicyclic) bond motifs is 1. The summed E-state index contributed by atoms with van der Waals surface area (Å²) in [4.78, 5) is 36.9. The van der Waals surface area contributed by atoms with Gasteiger partial charge in [0.25, 0.3) is 11.8 Å². The Morgan fingerprint density at radius 2 is 1.97 bits per heavy atom. The summed E-state index contributed by atoms with van der Waals surface area (Å²) in [5.41, 5.74) is 2.38. The van der Waals surface area contributed by atoms with E-state index in [1.54, 1.807) is 17.0 Å². The molecule has 150 valence electrons. The van der Waals surface area contributed by atoms with Gasteiger partial charge in [-0.05, 0) is 12.1 Å². The Balaban J connectivity index is 1.29. The third-order valence-electron chi connectivity index (χ3n) is 4.73. The van der Waals surface area contributed by atoms with E-state index in [1.165, 1.54) is 28.9 Å². The maximum Gasteiger partial charge on any atom is 0.293 e. The number of benzene rings is 1. The summed E-state index contributed by atoms with van der Waals surface area (Å²) in [6.45, 7) is 1.03. The molecule has 0 fully saturated rings. The molecule has 0 atom stereocenters. The lowest BCUT2D eigenvalue weighted by atomic mass is 10.1. The van der Waals surface area contributed by atoms with E-state index >= 15 is 0 Å². The normalized spacial score (nSPS) is 13.1. The van der Waals surface area contributed by atoms with E-state index in [0.717, 1.165) is 21.1 Å². The molecule has 9 heteroatoms. The van der Waals surface area contributed by atoms with E-state index in [4.69, 9.17) is 4.42 Å². The maximum absolute atomic E-state index is 13.0. The molecule has 0 saturated heterocycles. The molecular formula is C21H16N4O3S2. The fourth-order valence-electron chi connectivity index (χ4n) is 3.24. The average Bonchev–Trinajstić information content (AvgIpc) is 3.53. The van der Waals surface area contributed by atoms with Crippen LogP contribution in [0.1, 0.15) is 31.6 Å². The highest BCUT2D eigenvalue weighted by molar-refractivity contribution is 7.16. The van der Waals surface area contributed by atoms with Gasteiger partial charge in [-0.1, -0.05) is 41.7 Å². The monoisotopic (exact) mass is 436 g/mol. The summed E-state index contributed by atoms with van der Waals surface area (Å²) < 4.78 is 5.11. The van der Waals surface area contributed by atoms with E-state index < -0.39 is 0 Å². The lowest BCUT2D eigenvalue weighted by Gasteiger charge is -2.25. The Bertz CT molecular complexity index is 1200. The number of rotatable bonds is 4. The van der Waals surface area contributed by atoms with Crippen molar-refractivity contribution in [2.24, 2.45) is 0 Å². The van der Waals surface area contributed by atoms with Crippen molar-refractivity contribution in [3.63, 3.8) is 0 Å². The first-order chi connectivity index (χ1) is 14.7. The number of hydrogen-bond donors (Lipinski definition) is 1. The number of anilines is 1. The number of furan rings is 1. The van der Waals surface area contributed by atoms with Crippen LogP contribution in [0.25, 0.3) is 10.6 Å². The van der Waals surface area contributed by atoms with Crippen molar-refractivity contribution in [1.29, 1.82) is 0 Å². The molecule has 1 aliphatic rings. The average molecular weight is 437 g/mol. The van der Waals surface area contributed by atoms with Gasteiger partial charge in [-0.3, -0.25) is 14.9 Å². The summed E-state index contributed by atoms with van der Waals surface area (Å²) in [7, 11) is 0. The van der Waals surface area contributed by atoms with Crippen LogP contribution in [0.15, 0.2) is 58.5 Å². The van der Waals surface area contributed by atoms with Gasteiger partial charge in [0.15, 0.2) is 10.9 Å². The minimum atomic E-state index is -0.338. The topological polar surface area (TPSA) is 88.3 Å². The summed E-state index contributed by atoms with van der Waals surface area (Å²) in [5.74, 6) is -0.193. The first kappa shape index (κ1) is 18.7. The van der Waals surface area contributed by atoms with Crippen molar-refractivity contribution in [1.82, 2.24) is 14.9 Å². The zero-order chi connectivity index (χ0) is 20.5. The zero-order valence-corrected chi connectivity index (χ0v) is 17.3. The largest absolute Gasteiger partial charge is 0.459 e. The van der Waals surface area contributed by atoms with E-state index in [-0.39, 0.29) is 17.6 Å². The Morgan fingerprint density at radius 3 is 2.77 bits per heavy atom. The molecule has 1 N–H and O–H groups in total. The molecule has 2 amide bonds. The summed E-state index contributed by atoms with van der Waals surface area (Å²) >= 11 is 2.85. The molecule has 4 heterocycles. The van der Waals surface area contributed by atoms with Gasteiger partial charge >= 0.3 is 0 Å². The van der Waals surface area contributed by atoms with Gasteiger partial charge in [0.05, 0.1) is 18.5 Å². The molecule has 4 aromatic rings. The van der Waals surface area contributed by atoms with Crippen LogP contribution in [0.5, 0.6) is 0 Å². The van der Waals surface area contributed by atoms with Gasteiger partial charge < -0.3 is 9.32 Å². The zero-order valence-electron chi connectivity index (χ0n) is 15.7. The van der Waals surface area contributed by atoms with Crippen molar-refractivity contribution in [2.45, 2.75) is 13.0 Å². The van der Waals surface area contributed by atoms with Gasteiger partial charge in [-0.15, -0.1) is 11.3 Å². The third-order valence-corrected chi connectivity index (χ3v) is 6.62. The third kappa shape index (κ3) is 3.64. The van der Waals surface area contributed by atoms with Crippen molar-refractivity contribution < 1.29 is 14.0 Å². The van der Waals surface area contributed by atoms with Gasteiger partial charge in [0.1, 0.15) is 10.7 Å². The highest BCUT2D eigenvalue weighted by Gasteiger charge is 2.27. The van der Waals surface area contributed by atoms with Crippen LogP contribution < -0.4 is 5.32 Å². The van der Waals surface area contributed by atoms with E-state index in [0.29, 0.717) is 30.3 Å². The quantitative estimate of drug-likeness (QED) is 0.515. The predicted octanol–water partition coefficient (Wildman–Crippen LogP) is 4.31. The first-order valence-corrected chi connectivity index (χ1v) is 11.0. The highest BCUT2D eigenvalue weighted by atomic mass is 32.1. The van der Waals surface area contributed by atoms with Crippen LogP contribution >= 0.6 is 22.7 Å². The smallest absolute Gasteiger partial charge is 0.293 e. The minimum absolute atomic E-state index is 0.0892. The van der Waals surface area contributed by atoms with Gasteiger partial charge in [-0.25, -0.2) is 9.97 Å². The number of carbonyl (C=O) groups is 2. The molecule has 0 spiro atoms. The lowest BCUT2D eigenvalue weighted by Crippen LogP contribution is -2.35. The molecule has 0 saturated carbocycles. The molecule has 7 nitrogen and oxygen atoms in total. The predicted molar refractivity (Wildman–Crippen MR) is 115 cm³/mol. The van der Waals surface area contributed by atoms with Crippen LogP contribution in [-0.2, 0) is 13.0 Å². The number of carbonyl (C=O) groups excluding carboxylic acids is 2. The number of nitrogens with one attached hydrogen (secondary N) is 1. The molecule has 0 radical (unpaired) electrons. The fraction of sp³-hybridized carbons (Fsp3) is 0.143. The SMILES string of the molecule is O=C(Nc1nc2c(s1)CN(C(=O)c1csc(-c3ccccc3)n1)CC2)c1ccco1. The van der Waals surface area contributed by atoms with Gasteiger partial charge in [-0.2, -0.15) is 0 Å². The van der Waals surface area contributed by atoms with E-state index in [1.807, 2.05) is 35.7 Å². The van der Waals surface area contributed by atoms with Crippen molar-refractivity contribution in [2.75, 3.05) is 11.9 Å². The van der Waals surface area contributed by atoms with Gasteiger partial charge in [0, 0.05) is 28.8 Å². The summed E-state index contributed by atoms with van der Waals surface area (Å²) in [6, 6.07) is 13.1.